The number of hydrogen-bond acceptors (Lipinski definition) is 2. The predicted molar refractivity (Wildman–Crippen MR) is 37.3 cm³/mol. The minimum atomic E-state index is -4.44. The molecule has 0 aromatic carbocycles. The number of carbonyl (C=O) groups excluding carboxylic acids is 1. The molecule has 0 saturated carbocycles. The average molecular weight is 184 g/mol. The monoisotopic (exact) mass is 184 g/mol. The molecule has 0 aromatic rings. The quantitative estimate of drug-likeness (QED) is 0.667. The smallest absolute Gasteiger partial charge is 0.354 e. The van der Waals surface area contributed by atoms with Crippen LogP contribution in [-0.2, 0) is 4.79 Å². The highest BCUT2D eigenvalue weighted by Gasteiger charge is 2.30. The van der Waals surface area contributed by atoms with Crippen LogP contribution in [0.3, 0.4) is 0 Å². The van der Waals surface area contributed by atoms with Crippen LogP contribution >= 0.6 is 0 Å². The van der Waals surface area contributed by atoms with Gasteiger partial charge in [0.05, 0.1) is 0 Å². The van der Waals surface area contributed by atoms with Crippen molar-refractivity contribution in [3.63, 3.8) is 0 Å². The number of nitrogens with one attached hydrogen (secondary N) is 1. The Morgan fingerprint density at radius 1 is 1.58 bits per heavy atom. The van der Waals surface area contributed by atoms with Gasteiger partial charge in [-0.3, -0.25) is 4.79 Å². The number of carbonyl (C=O) groups is 1. The molecular formula is C6H11F3N2O. The second kappa shape index (κ2) is 4.30. The Morgan fingerprint density at radius 2 is 2.08 bits per heavy atom. The molecule has 0 fully saturated rings. The van der Waals surface area contributed by atoms with Crippen LogP contribution in [0, 0.1) is 0 Å². The number of nitrogens with two attached hydrogens (primary N) is 1. The molecule has 0 radical (unpaired) electrons. The Kier molecular flexibility index (Phi) is 4.02. The minimum absolute atomic E-state index is 0.0644. The Hall–Kier alpha value is -0.780. The van der Waals surface area contributed by atoms with Crippen molar-refractivity contribution in [1.29, 1.82) is 0 Å². The van der Waals surface area contributed by atoms with Crippen molar-refractivity contribution in [2.45, 2.75) is 25.6 Å². The molecule has 1 atom stereocenters. The van der Waals surface area contributed by atoms with Gasteiger partial charge < -0.3 is 11.1 Å². The summed E-state index contributed by atoms with van der Waals surface area (Å²) >= 11 is 0. The van der Waals surface area contributed by atoms with Crippen molar-refractivity contribution in [2.24, 2.45) is 5.73 Å². The maximum absolute atomic E-state index is 11.5. The maximum Gasteiger partial charge on any atom is 0.397 e. The van der Waals surface area contributed by atoms with Crippen LogP contribution in [0.25, 0.3) is 0 Å². The summed E-state index contributed by atoms with van der Waals surface area (Å²) in [5.41, 5.74) is 5.21. The fourth-order valence-corrected chi connectivity index (χ4v) is 0.519. The molecule has 0 spiro atoms. The van der Waals surface area contributed by atoms with Crippen LogP contribution in [0.15, 0.2) is 0 Å². The number of hydrogen-bond donors (Lipinski definition) is 2. The lowest BCUT2D eigenvalue weighted by atomic mass is 10.3. The third-order valence-corrected chi connectivity index (χ3v) is 0.982. The Labute approximate surface area is 68.1 Å². The lowest BCUT2D eigenvalue weighted by molar-refractivity contribution is -0.153. The summed E-state index contributed by atoms with van der Waals surface area (Å²) in [6.45, 7) is 1.66. The fraction of sp³-hybridized carbons (Fsp3) is 0.833. The van der Waals surface area contributed by atoms with E-state index in [9.17, 15) is 18.0 Å². The van der Waals surface area contributed by atoms with E-state index in [0.29, 0.717) is 0 Å². The maximum atomic E-state index is 11.5. The molecule has 3 N–H and O–H groups in total. The molecule has 6 heteroatoms. The largest absolute Gasteiger partial charge is 0.397 e. The van der Waals surface area contributed by atoms with Crippen molar-refractivity contribution in [3.05, 3.63) is 0 Å². The molecule has 0 aromatic heterocycles. The van der Waals surface area contributed by atoms with Crippen LogP contribution in [-0.4, -0.2) is 24.7 Å². The minimum Gasteiger partial charge on any atom is -0.354 e. The zero-order valence-electron chi connectivity index (χ0n) is 6.61. The first-order chi connectivity index (χ1) is 5.31. The van der Waals surface area contributed by atoms with Crippen molar-refractivity contribution in [2.75, 3.05) is 6.54 Å². The molecule has 0 rings (SSSR count). The van der Waals surface area contributed by atoms with Crippen molar-refractivity contribution in [1.82, 2.24) is 5.32 Å². The summed E-state index contributed by atoms with van der Waals surface area (Å²) in [7, 11) is 0. The molecule has 3 nitrogen and oxygen atoms in total. The van der Waals surface area contributed by atoms with E-state index in [1.807, 2.05) is 0 Å². The van der Waals surface area contributed by atoms with Crippen LogP contribution in [0.4, 0.5) is 13.2 Å². The normalized spacial score (nSPS) is 14.1. The molecule has 0 aliphatic carbocycles. The third-order valence-electron chi connectivity index (χ3n) is 0.982. The fourth-order valence-electron chi connectivity index (χ4n) is 0.519. The van der Waals surface area contributed by atoms with Gasteiger partial charge in [-0.1, -0.05) is 0 Å². The molecule has 1 amide bonds. The van der Waals surface area contributed by atoms with Gasteiger partial charge in [0.2, 0.25) is 5.91 Å². The van der Waals surface area contributed by atoms with E-state index in [0.717, 1.165) is 0 Å². The first-order valence-corrected chi connectivity index (χ1v) is 3.40. The highest BCUT2D eigenvalue weighted by Crippen LogP contribution is 2.18. The first-order valence-electron chi connectivity index (χ1n) is 3.40. The van der Waals surface area contributed by atoms with Crippen LogP contribution in [0.2, 0.25) is 0 Å². The van der Waals surface area contributed by atoms with Crippen LogP contribution < -0.4 is 11.1 Å². The van der Waals surface area contributed by atoms with E-state index in [4.69, 9.17) is 5.73 Å². The standard InChI is InChI=1S/C6H11F3N2O/c1-4(10)3-11-5(12)2-6(7,8)9/h4H,2-3,10H2,1H3,(H,11,12). The number of amides is 1. The van der Waals surface area contributed by atoms with E-state index >= 15 is 0 Å². The lowest BCUT2D eigenvalue weighted by Crippen LogP contribution is -2.37. The van der Waals surface area contributed by atoms with Crippen LogP contribution in [0.5, 0.6) is 0 Å². The van der Waals surface area contributed by atoms with Gasteiger partial charge in [0.15, 0.2) is 0 Å². The SMILES string of the molecule is CC(N)CNC(=O)CC(F)(F)F. The summed E-state index contributed by atoms with van der Waals surface area (Å²) < 4.78 is 34.6. The van der Waals surface area contributed by atoms with Crippen LogP contribution in [0.1, 0.15) is 13.3 Å². The van der Waals surface area contributed by atoms with Gasteiger partial charge in [-0.05, 0) is 6.92 Å². The number of halogens is 3. The highest BCUT2D eigenvalue weighted by atomic mass is 19.4. The predicted octanol–water partition coefficient (Wildman–Crippen LogP) is 0.402. The van der Waals surface area contributed by atoms with Gasteiger partial charge in [-0.25, -0.2) is 0 Å². The molecule has 0 saturated heterocycles. The molecule has 1 unspecified atom stereocenters. The summed E-state index contributed by atoms with van der Waals surface area (Å²) in [6, 6.07) is -0.331. The summed E-state index contributed by atoms with van der Waals surface area (Å²) in [4.78, 5) is 10.5. The zero-order chi connectivity index (χ0) is 9.78. The second-order valence-corrected chi connectivity index (χ2v) is 2.57. The number of alkyl halides is 3. The van der Waals surface area contributed by atoms with E-state index in [1.54, 1.807) is 6.92 Å². The summed E-state index contributed by atoms with van der Waals surface area (Å²) in [6.07, 6.45) is -5.89. The van der Waals surface area contributed by atoms with Crippen molar-refractivity contribution >= 4 is 5.91 Å². The summed E-state index contributed by atoms with van der Waals surface area (Å²) in [5.74, 6) is -1.04. The molecular weight excluding hydrogens is 173 g/mol. The van der Waals surface area contributed by atoms with Gasteiger partial charge in [-0.15, -0.1) is 0 Å². The lowest BCUT2D eigenvalue weighted by Gasteiger charge is -2.09. The van der Waals surface area contributed by atoms with Gasteiger partial charge in [0, 0.05) is 12.6 Å². The number of rotatable bonds is 3. The molecule has 12 heavy (non-hydrogen) atoms. The Balaban J connectivity index is 3.61. The molecule has 72 valence electrons. The van der Waals surface area contributed by atoms with Gasteiger partial charge >= 0.3 is 6.18 Å². The molecule has 0 aliphatic rings. The van der Waals surface area contributed by atoms with Gasteiger partial charge in [-0.2, -0.15) is 13.2 Å². The second-order valence-electron chi connectivity index (χ2n) is 2.57. The zero-order valence-corrected chi connectivity index (χ0v) is 6.61. The van der Waals surface area contributed by atoms with Gasteiger partial charge in [0.25, 0.3) is 0 Å². The Morgan fingerprint density at radius 3 is 2.42 bits per heavy atom. The van der Waals surface area contributed by atoms with E-state index in [1.165, 1.54) is 0 Å². The van der Waals surface area contributed by atoms with E-state index in [2.05, 4.69) is 5.32 Å². The average Bonchev–Trinajstić information content (AvgIpc) is 1.79. The van der Waals surface area contributed by atoms with E-state index < -0.39 is 18.5 Å². The Bertz CT molecular complexity index is 155. The molecule has 0 bridgehead atoms. The first kappa shape index (κ1) is 11.2. The molecule has 0 aliphatic heterocycles. The van der Waals surface area contributed by atoms with E-state index in [-0.39, 0.29) is 12.6 Å². The molecule has 0 heterocycles. The summed E-state index contributed by atoms with van der Waals surface area (Å²) in [5, 5.41) is 2.05. The van der Waals surface area contributed by atoms with Crippen molar-refractivity contribution < 1.29 is 18.0 Å². The van der Waals surface area contributed by atoms with Gasteiger partial charge in [0.1, 0.15) is 6.42 Å². The third kappa shape index (κ3) is 7.33. The van der Waals surface area contributed by atoms with Crippen molar-refractivity contribution in [3.8, 4) is 0 Å². The highest BCUT2D eigenvalue weighted by molar-refractivity contribution is 5.76. The topological polar surface area (TPSA) is 55.1 Å².